The zero-order valence-electron chi connectivity index (χ0n) is 10.1. The zero-order valence-corrected chi connectivity index (χ0v) is 11.7. The first kappa shape index (κ1) is 13.3. The highest BCUT2D eigenvalue weighted by molar-refractivity contribution is 9.10. The van der Waals surface area contributed by atoms with Crippen LogP contribution in [0.2, 0.25) is 0 Å². The molecule has 0 saturated carbocycles. The maximum atomic E-state index is 14.0. The van der Waals surface area contributed by atoms with Gasteiger partial charge in [0.1, 0.15) is 5.82 Å². The van der Waals surface area contributed by atoms with Crippen molar-refractivity contribution in [1.82, 2.24) is 5.32 Å². The minimum Gasteiger partial charge on any atom is -0.472 e. The Morgan fingerprint density at radius 1 is 1.39 bits per heavy atom. The van der Waals surface area contributed by atoms with E-state index in [1.807, 2.05) is 12.1 Å². The van der Waals surface area contributed by atoms with E-state index < -0.39 is 0 Å². The summed E-state index contributed by atoms with van der Waals surface area (Å²) in [5.74, 6) is -0.223. The lowest BCUT2D eigenvalue weighted by atomic mass is 10.0. The summed E-state index contributed by atoms with van der Waals surface area (Å²) >= 11 is 3.41. The first-order chi connectivity index (χ1) is 8.74. The van der Waals surface area contributed by atoms with Gasteiger partial charge in [0.25, 0.3) is 0 Å². The van der Waals surface area contributed by atoms with Crippen molar-refractivity contribution >= 4 is 15.9 Å². The number of benzene rings is 1. The van der Waals surface area contributed by atoms with Gasteiger partial charge in [-0.15, -0.1) is 0 Å². The molecule has 96 valence electrons. The summed E-state index contributed by atoms with van der Waals surface area (Å²) in [7, 11) is 0. The van der Waals surface area contributed by atoms with Gasteiger partial charge in [0, 0.05) is 15.6 Å². The predicted octanol–water partition coefficient (Wildman–Crippen LogP) is 4.27. The van der Waals surface area contributed by atoms with Crippen molar-refractivity contribution < 1.29 is 8.81 Å². The minimum absolute atomic E-state index is 0.195. The molecule has 18 heavy (non-hydrogen) atoms. The second kappa shape index (κ2) is 6.16. The number of hydrogen-bond acceptors (Lipinski definition) is 2. The molecular weight excluding hydrogens is 297 g/mol. The fourth-order valence-electron chi connectivity index (χ4n) is 1.90. The Morgan fingerprint density at radius 3 is 2.83 bits per heavy atom. The summed E-state index contributed by atoms with van der Waals surface area (Å²) < 4.78 is 19.9. The van der Waals surface area contributed by atoms with Gasteiger partial charge in [0.2, 0.25) is 0 Å². The first-order valence-corrected chi connectivity index (χ1v) is 6.72. The molecule has 0 radical (unpaired) electrons. The van der Waals surface area contributed by atoms with Gasteiger partial charge in [-0.25, -0.2) is 4.39 Å². The van der Waals surface area contributed by atoms with Gasteiger partial charge in [-0.2, -0.15) is 0 Å². The Kier molecular flexibility index (Phi) is 4.55. The van der Waals surface area contributed by atoms with Gasteiger partial charge in [-0.1, -0.05) is 28.9 Å². The molecule has 2 rings (SSSR count). The summed E-state index contributed by atoms with van der Waals surface area (Å²) in [6.07, 6.45) is 4.23. The molecule has 0 aliphatic rings. The molecular formula is C14H15BrFNO. The molecule has 1 N–H and O–H groups in total. The fourth-order valence-corrected chi connectivity index (χ4v) is 2.47. The van der Waals surface area contributed by atoms with Gasteiger partial charge >= 0.3 is 0 Å². The number of furan rings is 1. The highest BCUT2D eigenvalue weighted by Gasteiger charge is 2.20. The van der Waals surface area contributed by atoms with Crippen LogP contribution >= 0.6 is 15.9 Å². The van der Waals surface area contributed by atoms with Crippen molar-refractivity contribution in [2.45, 2.75) is 19.4 Å². The standard InChI is InChI=1S/C14H15BrFNO/c1-2-7-17-14(10-6-8-18-9-10)13-11(15)4-3-5-12(13)16/h3-6,8-9,14,17H,2,7H2,1H3. The van der Waals surface area contributed by atoms with Crippen molar-refractivity contribution in [1.29, 1.82) is 0 Å². The molecule has 2 aromatic rings. The smallest absolute Gasteiger partial charge is 0.129 e. The summed E-state index contributed by atoms with van der Waals surface area (Å²) in [4.78, 5) is 0. The molecule has 4 heteroatoms. The third kappa shape index (κ3) is 2.82. The van der Waals surface area contributed by atoms with Gasteiger partial charge in [0.15, 0.2) is 0 Å². The second-order valence-corrected chi connectivity index (χ2v) is 4.93. The Hall–Kier alpha value is -1.13. The lowest BCUT2D eigenvalue weighted by Gasteiger charge is -2.19. The van der Waals surface area contributed by atoms with Crippen LogP contribution in [0.4, 0.5) is 4.39 Å². The Balaban J connectivity index is 2.40. The van der Waals surface area contributed by atoms with Crippen LogP contribution in [0.3, 0.4) is 0 Å². The first-order valence-electron chi connectivity index (χ1n) is 5.93. The molecule has 0 spiro atoms. The molecule has 0 fully saturated rings. The van der Waals surface area contributed by atoms with Crippen LogP contribution in [0.5, 0.6) is 0 Å². The van der Waals surface area contributed by atoms with E-state index >= 15 is 0 Å². The lowest BCUT2D eigenvalue weighted by molar-refractivity contribution is 0.528. The van der Waals surface area contributed by atoms with E-state index in [0.717, 1.165) is 23.0 Å². The van der Waals surface area contributed by atoms with Gasteiger partial charge < -0.3 is 9.73 Å². The number of halogens is 2. The van der Waals surface area contributed by atoms with E-state index in [-0.39, 0.29) is 11.9 Å². The largest absolute Gasteiger partial charge is 0.472 e. The van der Waals surface area contributed by atoms with E-state index in [1.165, 1.54) is 6.07 Å². The molecule has 0 saturated heterocycles. The number of nitrogens with one attached hydrogen (secondary N) is 1. The van der Waals surface area contributed by atoms with Crippen LogP contribution in [-0.2, 0) is 0 Å². The SMILES string of the molecule is CCCNC(c1ccoc1)c1c(F)cccc1Br. The van der Waals surface area contributed by atoms with Crippen LogP contribution in [0.15, 0.2) is 45.7 Å². The van der Waals surface area contributed by atoms with Crippen LogP contribution in [-0.4, -0.2) is 6.54 Å². The molecule has 2 nitrogen and oxygen atoms in total. The van der Waals surface area contributed by atoms with E-state index in [9.17, 15) is 4.39 Å². The minimum atomic E-state index is -0.223. The Morgan fingerprint density at radius 2 is 2.22 bits per heavy atom. The molecule has 0 bridgehead atoms. The van der Waals surface area contributed by atoms with Crippen molar-refractivity contribution in [3.8, 4) is 0 Å². The topological polar surface area (TPSA) is 25.2 Å². The molecule has 1 aromatic carbocycles. The van der Waals surface area contributed by atoms with Crippen molar-refractivity contribution in [2.75, 3.05) is 6.54 Å². The van der Waals surface area contributed by atoms with Crippen molar-refractivity contribution in [2.24, 2.45) is 0 Å². The fraction of sp³-hybridized carbons (Fsp3) is 0.286. The normalized spacial score (nSPS) is 12.6. The average Bonchev–Trinajstić information content (AvgIpc) is 2.86. The lowest BCUT2D eigenvalue weighted by Crippen LogP contribution is -2.24. The molecule has 1 heterocycles. The van der Waals surface area contributed by atoms with E-state index in [0.29, 0.717) is 5.56 Å². The molecule has 0 aliphatic carbocycles. The number of hydrogen-bond donors (Lipinski definition) is 1. The van der Waals surface area contributed by atoms with Gasteiger partial charge in [0.05, 0.1) is 18.6 Å². The predicted molar refractivity (Wildman–Crippen MR) is 72.9 cm³/mol. The highest BCUT2D eigenvalue weighted by atomic mass is 79.9. The Bertz CT molecular complexity index is 478. The second-order valence-electron chi connectivity index (χ2n) is 4.08. The molecule has 1 aromatic heterocycles. The maximum absolute atomic E-state index is 14.0. The summed E-state index contributed by atoms with van der Waals surface area (Å²) in [5, 5.41) is 3.34. The van der Waals surface area contributed by atoms with Gasteiger partial charge in [-0.05, 0) is 31.2 Å². The van der Waals surface area contributed by atoms with E-state index in [4.69, 9.17) is 4.42 Å². The zero-order chi connectivity index (χ0) is 13.0. The average molecular weight is 312 g/mol. The molecule has 0 aliphatic heterocycles. The van der Waals surface area contributed by atoms with Crippen molar-refractivity contribution in [3.05, 3.63) is 58.2 Å². The Labute approximate surface area is 114 Å². The van der Waals surface area contributed by atoms with Crippen LogP contribution < -0.4 is 5.32 Å². The maximum Gasteiger partial charge on any atom is 0.129 e. The summed E-state index contributed by atoms with van der Waals surface area (Å²) in [5.41, 5.74) is 1.54. The molecule has 1 unspecified atom stereocenters. The van der Waals surface area contributed by atoms with Gasteiger partial charge in [-0.3, -0.25) is 0 Å². The monoisotopic (exact) mass is 311 g/mol. The summed E-state index contributed by atoms with van der Waals surface area (Å²) in [6.45, 7) is 2.90. The van der Waals surface area contributed by atoms with Crippen LogP contribution in [0, 0.1) is 5.82 Å². The molecule has 1 atom stereocenters. The van der Waals surface area contributed by atoms with E-state index in [1.54, 1.807) is 18.6 Å². The molecule has 0 amide bonds. The number of rotatable bonds is 5. The summed E-state index contributed by atoms with van der Waals surface area (Å²) in [6, 6.07) is 6.67. The van der Waals surface area contributed by atoms with Crippen molar-refractivity contribution in [3.63, 3.8) is 0 Å². The highest BCUT2D eigenvalue weighted by Crippen LogP contribution is 2.31. The van der Waals surface area contributed by atoms with E-state index in [2.05, 4.69) is 28.2 Å². The van der Waals surface area contributed by atoms with Crippen LogP contribution in [0.25, 0.3) is 0 Å². The van der Waals surface area contributed by atoms with Crippen LogP contribution in [0.1, 0.15) is 30.5 Å². The third-order valence-electron chi connectivity index (χ3n) is 2.76. The third-order valence-corrected chi connectivity index (χ3v) is 3.45. The quantitative estimate of drug-likeness (QED) is 0.892.